The Morgan fingerprint density at radius 3 is 2.33 bits per heavy atom. The summed E-state index contributed by atoms with van der Waals surface area (Å²) in [6, 6.07) is 15.5. The van der Waals surface area contributed by atoms with E-state index in [0.717, 1.165) is 10.5 Å². The fourth-order valence-electron chi connectivity index (χ4n) is 3.80. The van der Waals surface area contributed by atoms with Crippen LogP contribution in [0.25, 0.3) is 0 Å². The summed E-state index contributed by atoms with van der Waals surface area (Å²) in [5.41, 5.74) is 0.277. The van der Waals surface area contributed by atoms with Crippen molar-refractivity contribution in [2.75, 3.05) is 0 Å². The molecule has 2 aromatic rings. The van der Waals surface area contributed by atoms with E-state index < -0.39 is 38.9 Å². The van der Waals surface area contributed by atoms with Gasteiger partial charge in [0.15, 0.2) is 9.84 Å². The number of sulfone groups is 1. The molecule has 0 saturated carbocycles. The highest BCUT2D eigenvalue weighted by molar-refractivity contribution is 8.02. The Morgan fingerprint density at radius 1 is 1.12 bits per heavy atom. The monoisotopic (exact) mass is 485 g/mol. The van der Waals surface area contributed by atoms with Crippen LogP contribution in [0.4, 0.5) is 4.79 Å². The highest BCUT2D eigenvalue weighted by Gasteiger charge is 2.49. The first-order chi connectivity index (χ1) is 15.5. The van der Waals surface area contributed by atoms with Crippen molar-refractivity contribution >= 4 is 27.7 Å². The fourth-order valence-corrected chi connectivity index (χ4v) is 6.42. The molecule has 0 spiro atoms. The number of carbonyl (C=O) groups is 1. The summed E-state index contributed by atoms with van der Waals surface area (Å²) >= 11 is 1.47. The lowest BCUT2D eigenvalue weighted by molar-refractivity contribution is 0.0213. The Bertz CT molecular complexity index is 1100. The summed E-state index contributed by atoms with van der Waals surface area (Å²) in [7, 11) is -3.71. The van der Waals surface area contributed by atoms with E-state index in [1.54, 1.807) is 57.2 Å². The number of aryl methyl sites for hydroxylation is 1. The van der Waals surface area contributed by atoms with Gasteiger partial charge in [-0.15, -0.1) is 6.58 Å². The molecule has 1 aliphatic rings. The van der Waals surface area contributed by atoms with Crippen molar-refractivity contribution in [3.8, 4) is 0 Å². The van der Waals surface area contributed by atoms with Crippen LogP contribution in [-0.2, 0) is 14.6 Å². The van der Waals surface area contributed by atoms with Gasteiger partial charge >= 0.3 is 6.09 Å². The first-order valence-electron chi connectivity index (χ1n) is 10.9. The van der Waals surface area contributed by atoms with Gasteiger partial charge in [0, 0.05) is 4.90 Å². The minimum Gasteiger partial charge on any atom is -0.444 e. The van der Waals surface area contributed by atoms with Gasteiger partial charge in [0.05, 0.1) is 22.2 Å². The third-order valence-corrected chi connectivity index (χ3v) is 8.42. The Kier molecular flexibility index (Phi) is 7.75. The second-order valence-corrected chi connectivity index (χ2v) is 12.2. The summed E-state index contributed by atoms with van der Waals surface area (Å²) in [5, 5.41) is 1.03. The Hall–Kier alpha value is -2.51. The zero-order valence-corrected chi connectivity index (χ0v) is 21.1. The molecule has 5 nitrogen and oxygen atoms in total. The van der Waals surface area contributed by atoms with Gasteiger partial charge in [-0.1, -0.05) is 59.8 Å². The third-order valence-electron chi connectivity index (χ3n) is 5.38. The molecule has 3 atom stereocenters. The number of nitrogens with zero attached hydrogens (tertiary/aromatic N) is 1. The number of benzene rings is 2. The van der Waals surface area contributed by atoms with Crippen molar-refractivity contribution in [3.63, 3.8) is 0 Å². The third kappa shape index (κ3) is 6.09. The van der Waals surface area contributed by atoms with Crippen molar-refractivity contribution in [2.45, 2.75) is 66.8 Å². The second-order valence-electron chi connectivity index (χ2n) is 9.07. The van der Waals surface area contributed by atoms with Crippen LogP contribution in [-0.4, -0.2) is 42.3 Å². The number of rotatable bonds is 6. The molecule has 0 unspecified atom stereocenters. The molecule has 1 amide bonds. The maximum atomic E-state index is 13.7. The molecule has 176 valence electrons. The maximum Gasteiger partial charge on any atom is 0.411 e. The van der Waals surface area contributed by atoms with E-state index in [4.69, 9.17) is 4.74 Å². The average molecular weight is 486 g/mol. The number of ether oxygens (including phenoxy) is 1. The van der Waals surface area contributed by atoms with Gasteiger partial charge in [-0.2, -0.15) is 0 Å². The van der Waals surface area contributed by atoms with E-state index in [-0.39, 0.29) is 11.3 Å². The van der Waals surface area contributed by atoms with Crippen LogP contribution in [0.1, 0.15) is 32.8 Å². The molecule has 0 radical (unpaired) electrons. The van der Waals surface area contributed by atoms with E-state index in [2.05, 4.69) is 6.58 Å². The van der Waals surface area contributed by atoms with Gasteiger partial charge in [-0.05, 0) is 63.8 Å². The fraction of sp³-hybridized carbons (Fsp3) is 0.346. The van der Waals surface area contributed by atoms with Crippen LogP contribution >= 0.6 is 11.8 Å². The first-order valence-corrected chi connectivity index (χ1v) is 13.3. The predicted octanol–water partition coefficient (Wildman–Crippen LogP) is 6.01. The number of carbonyl (C=O) groups excluding carboxylic acids is 1. The lowest BCUT2D eigenvalue weighted by Gasteiger charge is -2.31. The van der Waals surface area contributed by atoms with Crippen LogP contribution in [0.3, 0.4) is 0 Å². The zero-order chi connectivity index (χ0) is 24.2. The molecule has 0 N–H and O–H groups in total. The molecule has 1 heterocycles. The Morgan fingerprint density at radius 2 is 1.76 bits per heavy atom. The second kappa shape index (κ2) is 10.2. The molecular formula is C26H31NO4S2. The number of thioether (sulfide) groups is 1. The molecule has 0 bridgehead atoms. The van der Waals surface area contributed by atoms with Gasteiger partial charge in [-0.3, -0.25) is 4.90 Å². The lowest BCUT2D eigenvalue weighted by atomic mass is 10.2. The summed E-state index contributed by atoms with van der Waals surface area (Å²) in [6.07, 6.45) is 3.12. The van der Waals surface area contributed by atoms with Gasteiger partial charge in [0.25, 0.3) is 0 Å². The van der Waals surface area contributed by atoms with Crippen LogP contribution in [0.5, 0.6) is 0 Å². The molecule has 1 aliphatic heterocycles. The van der Waals surface area contributed by atoms with E-state index in [1.165, 1.54) is 16.7 Å². The topological polar surface area (TPSA) is 63.7 Å². The van der Waals surface area contributed by atoms with Crippen molar-refractivity contribution in [2.24, 2.45) is 0 Å². The Labute approximate surface area is 201 Å². The van der Waals surface area contributed by atoms with Crippen LogP contribution in [0.2, 0.25) is 0 Å². The van der Waals surface area contributed by atoms with Gasteiger partial charge in [0.1, 0.15) is 5.60 Å². The van der Waals surface area contributed by atoms with Crippen molar-refractivity contribution < 1.29 is 17.9 Å². The smallest absolute Gasteiger partial charge is 0.411 e. The normalized spacial score (nSPS) is 21.3. The summed E-state index contributed by atoms with van der Waals surface area (Å²) < 4.78 is 32.9. The van der Waals surface area contributed by atoms with Gasteiger partial charge in [0.2, 0.25) is 0 Å². The zero-order valence-electron chi connectivity index (χ0n) is 19.5. The largest absolute Gasteiger partial charge is 0.444 e. The van der Waals surface area contributed by atoms with E-state index >= 15 is 0 Å². The predicted molar refractivity (Wildman–Crippen MR) is 134 cm³/mol. The quantitative estimate of drug-likeness (QED) is 0.370. The summed E-state index contributed by atoms with van der Waals surface area (Å²) in [4.78, 5) is 15.9. The summed E-state index contributed by atoms with van der Waals surface area (Å²) in [6.45, 7) is 11.2. The van der Waals surface area contributed by atoms with Gasteiger partial charge < -0.3 is 4.74 Å². The van der Waals surface area contributed by atoms with Crippen molar-refractivity contribution in [1.82, 2.24) is 4.90 Å². The minimum absolute atomic E-state index is 0.251. The van der Waals surface area contributed by atoms with Crippen LogP contribution < -0.4 is 0 Å². The molecule has 3 rings (SSSR count). The van der Waals surface area contributed by atoms with E-state index in [1.807, 2.05) is 42.7 Å². The van der Waals surface area contributed by atoms with Crippen LogP contribution in [0.15, 0.2) is 88.5 Å². The molecule has 1 fully saturated rings. The van der Waals surface area contributed by atoms with Crippen molar-refractivity contribution in [1.29, 1.82) is 0 Å². The molecule has 7 heteroatoms. The molecule has 0 aliphatic carbocycles. The molecule has 0 aromatic heterocycles. The van der Waals surface area contributed by atoms with Crippen molar-refractivity contribution in [3.05, 3.63) is 84.3 Å². The summed E-state index contributed by atoms with van der Waals surface area (Å²) in [5.74, 6) is 0. The number of amides is 1. The maximum absolute atomic E-state index is 13.7. The molecule has 33 heavy (non-hydrogen) atoms. The highest BCUT2D eigenvalue weighted by Crippen LogP contribution is 2.36. The number of likely N-dealkylation sites (tertiary alicyclic amines) is 1. The standard InChI is InChI=1S/C26H31NO4S2/c1-6-20-18-24(33(29,30)22-14-12-19(2)13-15-22)23(27(20)25(28)31-26(3,4)5)16-17-32-21-10-8-7-9-11-21/h6-17,20,23-24H,1,18H2,2-5H3/b17-16+/t20-,23+,24+/m0/s1. The molecule has 2 aromatic carbocycles. The first kappa shape index (κ1) is 25.1. The van der Waals surface area contributed by atoms with E-state index in [9.17, 15) is 13.2 Å². The molecular weight excluding hydrogens is 454 g/mol. The lowest BCUT2D eigenvalue weighted by Crippen LogP contribution is -2.45. The van der Waals surface area contributed by atoms with E-state index in [0.29, 0.717) is 0 Å². The number of hydrogen-bond donors (Lipinski definition) is 0. The van der Waals surface area contributed by atoms with Gasteiger partial charge in [-0.25, -0.2) is 13.2 Å². The Balaban J connectivity index is 1.99. The molecule has 1 saturated heterocycles. The van der Waals surface area contributed by atoms with Crippen LogP contribution in [0, 0.1) is 6.92 Å². The minimum atomic E-state index is -3.71. The number of hydrogen-bond acceptors (Lipinski definition) is 5. The SMILES string of the molecule is C=C[C@H]1C[C@@H](S(=O)(=O)c2ccc(C)cc2)[C@@H](/C=C/Sc2ccccc2)N1C(=O)OC(C)(C)C. The highest BCUT2D eigenvalue weighted by atomic mass is 32.2. The average Bonchev–Trinajstić information content (AvgIpc) is 3.13.